The number of nitrogens with zero attached hydrogens (tertiary/aromatic N) is 2. The molecule has 0 radical (unpaired) electrons. The lowest BCUT2D eigenvalue weighted by molar-refractivity contribution is 0.172. The molecule has 0 saturated carbocycles. The summed E-state index contributed by atoms with van der Waals surface area (Å²) in [6, 6.07) is 3.68. The normalized spacial score (nSPS) is 13.8. The van der Waals surface area contributed by atoms with Crippen molar-refractivity contribution in [3.05, 3.63) is 17.4 Å². The maximum absolute atomic E-state index is 5.85. The molecule has 0 aliphatic carbocycles. The third-order valence-electron chi connectivity index (χ3n) is 2.57. The first-order valence-electron chi connectivity index (χ1n) is 5.22. The van der Waals surface area contributed by atoms with Crippen molar-refractivity contribution in [2.24, 2.45) is 0 Å². The first-order chi connectivity index (χ1) is 8.28. The number of benzene rings is 1. The van der Waals surface area contributed by atoms with Crippen LogP contribution in [0.3, 0.4) is 0 Å². The van der Waals surface area contributed by atoms with Crippen LogP contribution in [-0.4, -0.2) is 30.2 Å². The molecule has 1 aromatic carbocycles. The van der Waals surface area contributed by atoms with Gasteiger partial charge in [-0.2, -0.15) is 0 Å². The minimum atomic E-state index is 0.207. The summed E-state index contributed by atoms with van der Waals surface area (Å²) >= 11 is 5.85. The maximum atomic E-state index is 5.85. The van der Waals surface area contributed by atoms with Gasteiger partial charge in [-0.15, -0.1) is 0 Å². The molecule has 17 heavy (non-hydrogen) atoms. The highest BCUT2D eigenvalue weighted by molar-refractivity contribution is 6.28. The van der Waals surface area contributed by atoms with E-state index < -0.39 is 0 Å². The van der Waals surface area contributed by atoms with Gasteiger partial charge in [0.1, 0.15) is 19.0 Å². The summed E-state index contributed by atoms with van der Waals surface area (Å²) in [6.45, 7) is 1.11. The van der Waals surface area contributed by atoms with E-state index in [4.69, 9.17) is 21.1 Å². The monoisotopic (exact) mass is 251 g/mol. The standard InChI is InChI=1S/C11H10ClN3O2/c1-13-10-6-4-8-9(17-3-2-16-8)5-7(6)14-11(12)15-10/h4-5H,2-3H2,1H3,(H,13,14,15). The molecule has 1 aromatic heterocycles. The van der Waals surface area contributed by atoms with Crippen LogP contribution in [0.25, 0.3) is 10.9 Å². The smallest absolute Gasteiger partial charge is 0.224 e. The Morgan fingerprint density at radius 1 is 1.18 bits per heavy atom. The number of hydrogen-bond acceptors (Lipinski definition) is 5. The van der Waals surface area contributed by atoms with E-state index >= 15 is 0 Å². The molecule has 1 N–H and O–H groups in total. The fraction of sp³-hybridized carbons (Fsp3) is 0.273. The molecule has 2 aromatic rings. The topological polar surface area (TPSA) is 56.3 Å². The molecular weight excluding hydrogens is 242 g/mol. The summed E-state index contributed by atoms with van der Waals surface area (Å²) in [5, 5.41) is 4.05. The molecule has 0 atom stereocenters. The molecule has 3 rings (SSSR count). The van der Waals surface area contributed by atoms with Crippen LogP contribution >= 0.6 is 11.6 Å². The van der Waals surface area contributed by atoms with Gasteiger partial charge in [-0.25, -0.2) is 9.97 Å². The molecule has 0 spiro atoms. The first kappa shape index (κ1) is 10.4. The number of halogens is 1. The van der Waals surface area contributed by atoms with Crippen LogP contribution in [0.5, 0.6) is 11.5 Å². The van der Waals surface area contributed by atoms with Crippen LogP contribution in [0, 0.1) is 0 Å². The van der Waals surface area contributed by atoms with Crippen molar-refractivity contribution in [2.75, 3.05) is 25.6 Å². The van der Waals surface area contributed by atoms with Crippen molar-refractivity contribution in [3.63, 3.8) is 0 Å². The fourth-order valence-electron chi connectivity index (χ4n) is 1.83. The van der Waals surface area contributed by atoms with Crippen LogP contribution in [0.2, 0.25) is 5.28 Å². The van der Waals surface area contributed by atoms with E-state index in [0.29, 0.717) is 30.5 Å². The summed E-state index contributed by atoms with van der Waals surface area (Å²) in [7, 11) is 1.79. The Labute approximate surface area is 103 Å². The molecule has 1 aliphatic rings. The lowest BCUT2D eigenvalue weighted by Gasteiger charge is -2.19. The zero-order valence-electron chi connectivity index (χ0n) is 9.16. The number of anilines is 1. The quantitative estimate of drug-likeness (QED) is 0.787. The second-order valence-electron chi connectivity index (χ2n) is 3.60. The predicted molar refractivity (Wildman–Crippen MR) is 65.1 cm³/mol. The Bertz CT molecular complexity index is 588. The van der Waals surface area contributed by atoms with E-state index in [0.717, 1.165) is 10.9 Å². The predicted octanol–water partition coefficient (Wildman–Crippen LogP) is 2.10. The molecule has 5 nitrogen and oxygen atoms in total. The average Bonchev–Trinajstić information content (AvgIpc) is 2.35. The van der Waals surface area contributed by atoms with Gasteiger partial charge in [0.2, 0.25) is 5.28 Å². The summed E-state index contributed by atoms with van der Waals surface area (Å²) in [5.41, 5.74) is 0.735. The fourth-order valence-corrected chi connectivity index (χ4v) is 2.00. The summed E-state index contributed by atoms with van der Waals surface area (Å²) < 4.78 is 11.0. The van der Waals surface area contributed by atoms with Gasteiger partial charge in [-0.1, -0.05) is 0 Å². The van der Waals surface area contributed by atoms with Crippen LogP contribution in [0.15, 0.2) is 12.1 Å². The minimum absolute atomic E-state index is 0.207. The Morgan fingerprint density at radius 2 is 1.88 bits per heavy atom. The summed E-state index contributed by atoms with van der Waals surface area (Å²) in [4.78, 5) is 8.29. The molecule has 0 bridgehead atoms. The summed E-state index contributed by atoms with van der Waals surface area (Å²) in [6.07, 6.45) is 0. The van der Waals surface area contributed by atoms with Crippen molar-refractivity contribution < 1.29 is 9.47 Å². The van der Waals surface area contributed by atoms with E-state index in [1.165, 1.54) is 0 Å². The van der Waals surface area contributed by atoms with Crippen molar-refractivity contribution in [3.8, 4) is 11.5 Å². The number of ether oxygens (including phenoxy) is 2. The molecule has 0 amide bonds. The highest BCUT2D eigenvalue weighted by Crippen LogP contribution is 2.36. The zero-order chi connectivity index (χ0) is 11.8. The largest absolute Gasteiger partial charge is 0.486 e. The lowest BCUT2D eigenvalue weighted by Crippen LogP contribution is -2.15. The van der Waals surface area contributed by atoms with E-state index in [9.17, 15) is 0 Å². The molecule has 88 valence electrons. The zero-order valence-corrected chi connectivity index (χ0v) is 9.91. The van der Waals surface area contributed by atoms with Crippen molar-refractivity contribution in [1.29, 1.82) is 0 Å². The Hall–Kier alpha value is -1.75. The van der Waals surface area contributed by atoms with Gasteiger partial charge in [0.05, 0.1) is 5.52 Å². The highest BCUT2D eigenvalue weighted by atomic mass is 35.5. The van der Waals surface area contributed by atoms with Gasteiger partial charge in [-0.3, -0.25) is 0 Å². The van der Waals surface area contributed by atoms with E-state index in [1.54, 1.807) is 7.05 Å². The van der Waals surface area contributed by atoms with Gasteiger partial charge in [0, 0.05) is 18.5 Å². The molecule has 6 heteroatoms. The van der Waals surface area contributed by atoms with E-state index in [2.05, 4.69) is 15.3 Å². The van der Waals surface area contributed by atoms with Crippen molar-refractivity contribution in [2.45, 2.75) is 0 Å². The van der Waals surface area contributed by atoms with Crippen LogP contribution in [-0.2, 0) is 0 Å². The van der Waals surface area contributed by atoms with Gasteiger partial charge in [0.25, 0.3) is 0 Å². The van der Waals surface area contributed by atoms with E-state index in [-0.39, 0.29) is 5.28 Å². The first-order valence-corrected chi connectivity index (χ1v) is 5.60. The van der Waals surface area contributed by atoms with Crippen molar-refractivity contribution in [1.82, 2.24) is 9.97 Å². The molecule has 0 fully saturated rings. The Morgan fingerprint density at radius 3 is 2.59 bits per heavy atom. The van der Waals surface area contributed by atoms with Crippen LogP contribution in [0.1, 0.15) is 0 Å². The lowest BCUT2D eigenvalue weighted by atomic mass is 10.2. The second-order valence-corrected chi connectivity index (χ2v) is 3.94. The van der Waals surface area contributed by atoms with Crippen LogP contribution < -0.4 is 14.8 Å². The molecule has 0 unspecified atom stereocenters. The summed E-state index contributed by atoms with van der Waals surface area (Å²) in [5.74, 6) is 2.09. The number of nitrogens with one attached hydrogen (secondary N) is 1. The van der Waals surface area contributed by atoms with Gasteiger partial charge >= 0.3 is 0 Å². The maximum Gasteiger partial charge on any atom is 0.224 e. The van der Waals surface area contributed by atoms with Gasteiger partial charge < -0.3 is 14.8 Å². The SMILES string of the molecule is CNc1nc(Cl)nc2cc3c(cc12)OCCO3. The average molecular weight is 252 g/mol. The third-order valence-corrected chi connectivity index (χ3v) is 2.74. The minimum Gasteiger partial charge on any atom is -0.486 e. The highest BCUT2D eigenvalue weighted by Gasteiger charge is 2.15. The molecule has 2 heterocycles. The third kappa shape index (κ3) is 1.72. The Kier molecular flexibility index (Phi) is 2.40. The number of hydrogen-bond donors (Lipinski definition) is 1. The second kappa shape index (κ2) is 3.92. The molecular formula is C11H10ClN3O2. The Balaban J connectivity index is 2.29. The van der Waals surface area contributed by atoms with Gasteiger partial charge in [0.15, 0.2) is 11.5 Å². The molecule has 1 aliphatic heterocycles. The number of rotatable bonds is 1. The van der Waals surface area contributed by atoms with Crippen molar-refractivity contribution >= 4 is 28.3 Å². The van der Waals surface area contributed by atoms with Crippen LogP contribution in [0.4, 0.5) is 5.82 Å². The number of fused-ring (bicyclic) bond motifs is 2. The molecule has 0 saturated heterocycles. The van der Waals surface area contributed by atoms with E-state index in [1.807, 2.05) is 12.1 Å². The van der Waals surface area contributed by atoms with Gasteiger partial charge in [-0.05, 0) is 17.7 Å². The number of aromatic nitrogens is 2.